The molecule has 1 saturated carbocycles. The summed E-state index contributed by atoms with van der Waals surface area (Å²) in [6, 6.07) is 0. The Hall–Kier alpha value is -1.43. The molecule has 0 saturated heterocycles. The normalized spacial score (nSPS) is 28.1. The third kappa shape index (κ3) is 2.38. The summed E-state index contributed by atoms with van der Waals surface area (Å²) < 4.78 is 4.82. The van der Waals surface area contributed by atoms with E-state index in [0.717, 1.165) is 19.3 Å². The Morgan fingerprint density at radius 3 is 2.94 bits per heavy atom. The maximum Gasteiger partial charge on any atom is 0.293 e. The first-order valence-electron chi connectivity index (χ1n) is 6.40. The van der Waals surface area contributed by atoms with Crippen molar-refractivity contribution in [2.45, 2.75) is 45.1 Å². The number of hydrogen-bond donors (Lipinski definition) is 2. The van der Waals surface area contributed by atoms with Crippen molar-refractivity contribution in [3.05, 3.63) is 11.7 Å². The molecule has 0 aromatic carbocycles. The first-order valence-corrected chi connectivity index (χ1v) is 6.40. The Kier molecular flexibility index (Phi) is 3.65. The molecule has 18 heavy (non-hydrogen) atoms. The SMILES string of the molecule is Cc1nc(C(=O)NC2(CN)CCCCC2C)no1. The van der Waals surface area contributed by atoms with Crippen LogP contribution in [0.25, 0.3) is 0 Å². The van der Waals surface area contributed by atoms with Gasteiger partial charge < -0.3 is 15.6 Å². The van der Waals surface area contributed by atoms with E-state index in [2.05, 4.69) is 22.4 Å². The van der Waals surface area contributed by atoms with Gasteiger partial charge in [-0.25, -0.2) is 0 Å². The van der Waals surface area contributed by atoms with Gasteiger partial charge in [-0.3, -0.25) is 4.79 Å². The molecule has 1 fully saturated rings. The van der Waals surface area contributed by atoms with Crippen LogP contribution in [-0.4, -0.2) is 28.1 Å². The Bertz CT molecular complexity index is 431. The van der Waals surface area contributed by atoms with E-state index in [0.29, 0.717) is 18.4 Å². The largest absolute Gasteiger partial charge is 0.342 e. The quantitative estimate of drug-likeness (QED) is 0.837. The van der Waals surface area contributed by atoms with E-state index in [1.165, 1.54) is 6.42 Å². The highest BCUT2D eigenvalue weighted by molar-refractivity contribution is 5.90. The van der Waals surface area contributed by atoms with Gasteiger partial charge in [-0.15, -0.1) is 0 Å². The van der Waals surface area contributed by atoms with Crippen LogP contribution in [0.4, 0.5) is 0 Å². The number of amides is 1. The molecule has 2 atom stereocenters. The van der Waals surface area contributed by atoms with Crippen molar-refractivity contribution in [2.75, 3.05) is 6.54 Å². The van der Waals surface area contributed by atoms with Crippen molar-refractivity contribution in [2.24, 2.45) is 11.7 Å². The van der Waals surface area contributed by atoms with Gasteiger partial charge in [-0.1, -0.05) is 24.9 Å². The summed E-state index contributed by atoms with van der Waals surface area (Å²) in [7, 11) is 0. The fourth-order valence-electron chi connectivity index (χ4n) is 2.63. The number of aromatic nitrogens is 2. The smallest absolute Gasteiger partial charge is 0.293 e. The number of hydrogen-bond acceptors (Lipinski definition) is 5. The zero-order valence-corrected chi connectivity index (χ0v) is 10.9. The molecule has 1 amide bonds. The summed E-state index contributed by atoms with van der Waals surface area (Å²) in [5, 5.41) is 6.65. The topological polar surface area (TPSA) is 94.0 Å². The summed E-state index contributed by atoms with van der Waals surface area (Å²) >= 11 is 0. The molecule has 6 nitrogen and oxygen atoms in total. The summed E-state index contributed by atoms with van der Waals surface area (Å²) in [6.07, 6.45) is 4.28. The van der Waals surface area contributed by atoms with Crippen molar-refractivity contribution in [1.29, 1.82) is 0 Å². The number of nitrogens with one attached hydrogen (secondary N) is 1. The number of carbonyl (C=O) groups is 1. The second kappa shape index (κ2) is 5.06. The van der Waals surface area contributed by atoms with Crippen LogP contribution >= 0.6 is 0 Å². The maximum atomic E-state index is 12.1. The minimum absolute atomic E-state index is 0.0816. The molecular formula is C12H20N4O2. The molecule has 0 bridgehead atoms. The zero-order valence-electron chi connectivity index (χ0n) is 10.9. The summed E-state index contributed by atoms with van der Waals surface area (Å²) in [6.45, 7) is 4.23. The van der Waals surface area contributed by atoms with E-state index in [4.69, 9.17) is 10.3 Å². The zero-order chi connectivity index (χ0) is 13.2. The molecule has 1 heterocycles. The average molecular weight is 252 g/mol. The van der Waals surface area contributed by atoms with Gasteiger partial charge in [0.15, 0.2) is 0 Å². The van der Waals surface area contributed by atoms with Gasteiger partial charge in [0.2, 0.25) is 5.89 Å². The van der Waals surface area contributed by atoms with Crippen molar-refractivity contribution in [3.63, 3.8) is 0 Å². The average Bonchev–Trinajstić information content (AvgIpc) is 2.79. The molecule has 100 valence electrons. The first kappa shape index (κ1) is 13.0. The monoisotopic (exact) mass is 252 g/mol. The lowest BCUT2D eigenvalue weighted by Gasteiger charge is -2.42. The molecule has 1 aromatic rings. The Balaban J connectivity index is 2.12. The van der Waals surface area contributed by atoms with Crippen molar-refractivity contribution < 1.29 is 9.32 Å². The third-order valence-electron chi connectivity index (χ3n) is 3.91. The van der Waals surface area contributed by atoms with Crippen LogP contribution in [0.5, 0.6) is 0 Å². The molecule has 2 unspecified atom stereocenters. The van der Waals surface area contributed by atoms with Gasteiger partial charge >= 0.3 is 0 Å². The fourth-order valence-corrected chi connectivity index (χ4v) is 2.63. The predicted molar refractivity (Wildman–Crippen MR) is 65.9 cm³/mol. The number of aryl methyl sites for hydroxylation is 1. The second-order valence-electron chi connectivity index (χ2n) is 5.10. The number of nitrogens with two attached hydrogens (primary N) is 1. The van der Waals surface area contributed by atoms with Gasteiger partial charge in [0.1, 0.15) is 0 Å². The number of carbonyl (C=O) groups excluding carboxylic acids is 1. The van der Waals surface area contributed by atoms with Gasteiger partial charge in [0.25, 0.3) is 11.7 Å². The minimum Gasteiger partial charge on any atom is -0.342 e. The van der Waals surface area contributed by atoms with Crippen LogP contribution in [-0.2, 0) is 0 Å². The Morgan fingerprint density at radius 2 is 2.39 bits per heavy atom. The molecule has 3 N–H and O–H groups in total. The number of nitrogens with zero attached hydrogens (tertiary/aromatic N) is 2. The maximum absolute atomic E-state index is 12.1. The summed E-state index contributed by atoms with van der Waals surface area (Å²) in [4.78, 5) is 16.0. The van der Waals surface area contributed by atoms with E-state index in [-0.39, 0.29) is 17.3 Å². The molecule has 0 radical (unpaired) electrons. The van der Waals surface area contributed by atoms with Gasteiger partial charge in [0.05, 0.1) is 5.54 Å². The van der Waals surface area contributed by atoms with E-state index < -0.39 is 0 Å². The van der Waals surface area contributed by atoms with Crippen LogP contribution in [0.2, 0.25) is 0 Å². The third-order valence-corrected chi connectivity index (χ3v) is 3.91. The van der Waals surface area contributed by atoms with Crippen LogP contribution in [0.3, 0.4) is 0 Å². The lowest BCUT2D eigenvalue weighted by molar-refractivity contribution is 0.0799. The lowest BCUT2D eigenvalue weighted by Crippen LogP contribution is -2.59. The number of rotatable bonds is 3. The lowest BCUT2D eigenvalue weighted by atomic mass is 9.73. The first-order chi connectivity index (χ1) is 8.57. The van der Waals surface area contributed by atoms with Crippen molar-refractivity contribution >= 4 is 5.91 Å². The van der Waals surface area contributed by atoms with Crippen LogP contribution < -0.4 is 11.1 Å². The standard InChI is InChI=1S/C12H20N4O2/c1-8-5-3-4-6-12(8,7-13)15-11(17)10-14-9(2)18-16-10/h8H,3-7,13H2,1-2H3,(H,15,17). The van der Waals surface area contributed by atoms with E-state index in [1.54, 1.807) is 6.92 Å². The van der Waals surface area contributed by atoms with Crippen LogP contribution in [0, 0.1) is 12.8 Å². The molecular weight excluding hydrogens is 232 g/mol. The van der Waals surface area contributed by atoms with E-state index in [1.807, 2.05) is 0 Å². The van der Waals surface area contributed by atoms with E-state index >= 15 is 0 Å². The molecule has 1 aliphatic carbocycles. The highest BCUT2D eigenvalue weighted by Gasteiger charge is 2.39. The summed E-state index contributed by atoms with van der Waals surface area (Å²) in [5.74, 6) is 0.538. The molecule has 1 aromatic heterocycles. The molecule has 0 aliphatic heterocycles. The second-order valence-corrected chi connectivity index (χ2v) is 5.10. The van der Waals surface area contributed by atoms with Gasteiger partial charge in [-0.2, -0.15) is 4.98 Å². The fraction of sp³-hybridized carbons (Fsp3) is 0.750. The highest BCUT2D eigenvalue weighted by Crippen LogP contribution is 2.33. The van der Waals surface area contributed by atoms with Crippen molar-refractivity contribution in [3.8, 4) is 0 Å². The van der Waals surface area contributed by atoms with Gasteiger partial charge in [0, 0.05) is 13.5 Å². The van der Waals surface area contributed by atoms with Crippen molar-refractivity contribution in [1.82, 2.24) is 15.5 Å². The van der Waals surface area contributed by atoms with E-state index in [9.17, 15) is 4.79 Å². The predicted octanol–water partition coefficient (Wildman–Crippen LogP) is 1.02. The van der Waals surface area contributed by atoms with Crippen LogP contribution in [0.1, 0.15) is 49.1 Å². The molecule has 1 aliphatic rings. The van der Waals surface area contributed by atoms with Gasteiger partial charge in [-0.05, 0) is 18.8 Å². The molecule has 2 rings (SSSR count). The minimum atomic E-state index is -0.329. The summed E-state index contributed by atoms with van der Waals surface area (Å²) in [5.41, 5.74) is 5.55. The van der Waals surface area contributed by atoms with Crippen LogP contribution in [0.15, 0.2) is 4.52 Å². The molecule has 0 spiro atoms. The Labute approximate surface area is 106 Å². The highest BCUT2D eigenvalue weighted by atomic mass is 16.5. The Morgan fingerprint density at radius 1 is 1.61 bits per heavy atom. The molecule has 6 heteroatoms.